The highest BCUT2D eigenvalue weighted by Crippen LogP contribution is 2.10. The Morgan fingerprint density at radius 1 is 1.69 bits per heavy atom. The summed E-state index contributed by atoms with van der Waals surface area (Å²) in [5.41, 5.74) is 0.806. The summed E-state index contributed by atoms with van der Waals surface area (Å²) in [6, 6.07) is 3.49. The fourth-order valence-electron chi connectivity index (χ4n) is 1.29. The third-order valence-electron chi connectivity index (χ3n) is 2.15. The van der Waals surface area contributed by atoms with Crippen LogP contribution < -0.4 is 5.32 Å². The molecule has 1 unspecified atom stereocenters. The molecule has 0 aliphatic heterocycles. The Kier molecular flexibility index (Phi) is 4.72. The van der Waals surface area contributed by atoms with Crippen molar-refractivity contribution in [1.29, 1.82) is 0 Å². The van der Waals surface area contributed by atoms with Gasteiger partial charge in [-0.2, -0.15) is 0 Å². The molecule has 2 N–H and O–H groups in total. The molecule has 0 amide bonds. The Morgan fingerprint density at radius 2 is 2.44 bits per heavy atom. The van der Waals surface area contributed by atoms with Crippen LogP contribution in [-0.4, -0.2) is 35.8 Å². The van der Waals surface area contributed by atoms with Crippen LogP contribution in [0.4, 0.5) is 5.69 Å². The number of anilines is 1. The lowest BCUT2D eigenvalue weighted by Crippen LogP contribution is -2.17. The molecule has 16 heavy (non-hydrogen) atoms. The first-order valence-corrected chi connectivity index (χ1v) is 5.08. The minimum Gasteiger partial charge on any atom is -0.477 e. The highest BCUT2D eigenvalue weighted by molar-refractivity contribution is 5.86. The van der Waals surface area contributed by atoms with Crippen LogP contribution in [0.2, 0.25) is 0 Å². The van der Waals surface area contributed by atoms with Crippen molar-refractivity contribution < 1.29 is 14.6 Å². The Morgan fingerprint density at radius 3 is 3.06 bits per heavy atom. The maximum absolute atomic E-state index is 10.7. The van der Waals surface area contributed by atoms with E-state index < -0.39 is 5.97 Å². The van der Waals surface area contributed by atoms with Gasteiger partial charge in [0, 0.05) is 31.6 Å². The number of carboxylic acids is 1. The predicted octanol–water partition coefficient (Wildman–Crippen LogP) is 1.62. The monoisotopic (exact) mass is 224 g/mol. The van der Waals surface area contributed by atoms with Gasteiger partial charge in [-0.3, -0.25) is 0 Å². The van der Waals surface area contributed by atoms with Crippen LogP contribution in [0.15, 0.2) is 18.3 Å². The molecule has 5 heteroatoms. The lowest BCUT2D eigenvalue weighted by molar-refractivity contribution is 0.0690. The summed E-state index contributed by atoms with van der Waals surface area (Å²) in [5, 5.41) is 12.0. The van der Waals surface area contributed by atoms with Crippen molar-refractivity contribution >= 4 is 11.7 Å². The average Bonchev–Trinajstić information content (AvgIpc) is 2.26. The molecule has 1 aromatic heterocycles. The molecule has 0 aromatic carbocycles. The van der Waals surface area contributed by atoms with Crippen LogP contribution in [0.25, 0.3) is 0 Å². The number of hydrogen-bond donors (Lipinski definition) is 2. The Hall–Kier alpha value is -1.62. The van der Waals surface area contributed by atoms with Crippen LogP contribution in [0.5, 0.6) is 0 Å². The molecule has 1 rings (SSSR count). The molecule has 0 radical (unpaired) electrons. The van der Waals surface area contributed by atoms with E-state index in [0.29, 0.717) is 6.61 Å². The van der Waals surface area contributed by atoms with Crippen molar-refractivity contribution in [1.82, 2.24) is 4.98 Å². The number of nitrogens with zero attached hydrogens (tertiary/aromatic N) is 1. The van der Waals surface area contributed by atoms with Crippen molar-refractivity contribution in [2.45, 2.75) is 19.4 Å². The van der Waals surface area contributed by atoms with E-state index in [4.69, 9.17) is 9.84 Å². The van der Waals surface area contributed by atoms with Gasteiger partial charge in [-0.1, -0.05) is 0 Å². The Labute approximate surface area is 94.5 Å². The van der Waals surface area contributed by atoms with E-state index in [1.165, 1.54) is 12.3 Å². The summed E-state index contributed by atoms with van der Waals surface area (Å²) < 4.78 is 4.97. The highest BCUT2D eigenvalue weighted by atomic mass is 16.5. The third kappa shape index (κ3) is 3.86. The SMILES string of the molecule is COCCC(C)Nc1ccnc(C(=O)O)c1. The molecule has 0 bridgehead atoms. The number of ether oxygens (including phenoxy) is 1. The summed E-state index contributed by atoms with van der Waals surface area (Å²) in [6.07, 6.45) is 2.34. The van der Waals surface area contributed by atoms with Gasteiger partial charge in [-0.05, 0) is 25.5 Å². The van der Waals surface area contributed by atoms with Crippen molar-refractivity contribution in [3.05, 3.63) is 24.0 Å². The van der Waals surface area contributed by atoms with Gasteiger partial charge >= 0.3 is 5.97 Å². The lowest BCUT2D eigenvalue weighted by Gasteiger charge is -2.14. The highest BCUT2D eigenvalue weighted by Gasteiger charge is 2.06. The maximum Gasteiger partial charge on any atom is 0.354 e. The zero-order chi connectivity index (χ0) is 12.0. The first-order chi connectivity index (χ1) is 7.63. The van der Waals surface area contributed by atoms with Gasteiger partial charge in [0.2, 0.25) is 0 Å². The number of carbonyl (C=O) groups is 1. The number of aromatic carboxylic acids is 1. The summed E-state index contributed by atoms with van der Waals surface area (Å²) in [5.74, 6) is -1.02. The Bertz CT molecular complexity index is 355. The summed E-state index contributed by atoms with van der Waals surface area (Å²) in [6.45, 7) is 2.69. The lowest BCUT2D eigenvalue weighted by atomic mass is 10.2. The van der Waals surface area contributed by atoms with Gasteiger partial charge in [0.15, 0.2) is 0 Å². The van der Waals surface area contributed by atoms with Gasteiger partial charge in [0.25, 0.3) is 0 Å². The molecular formula is C11H16N2O3. The molecular weight excluding hydrogens is 208 g/mol. The van der Waals surface area contributed by atoms with Gasteiger partial charge in [-0.25, -0.2) is 9.78 Å². The molecule has 1 aromatic rings. The summed E-state index contributed by atoms with van der Waals surface area (Å²) in [7, 11) is 1.65. The number of carboxylic acid groups (broad SMARTS) is 1. The standard InChI is InChI=1S/C11H16N2O3/c1-8(4-6-16-2)13-9-3-5-12-10(7-9)11(14)15/h3,5,7-8H,4,6H2,1-2H3,(H,12,13)(H,14,15). The van der Waals surface area contributed by atoms with E-state index in [-0.39, 0.29) is 11.7 Å². The van der Waals surface area contributed by atoms with E-state index >= 15 is 0 Å². The van der Waals surface area contributed by atoms with Gasteiger partial charge in [-0.15, -0.1) is 0 Å². The number of aromatic nitrogens is 1. The van der Waals surface area contributed by atoms with Crippen molar-refractivity contribution in [3.8, 4) is 0 Å². The van der Waals surface area contributed by atoms with E-state index in [1.807, 2.05) is 6.92 Å². The van der Waals surface area contributed by atoms with E-state index in [0.717, 1.165) is 12.1 Å². The molecule has 1 heterocycles. The summed E-state index contributed by atoms with van der Waals surface area (Å²) >= 11 is 0. The van der Waals surface area contributed by atoms with Gasteiger partial charge in [0.05, 0.1) is 0 Å². The summed E-state index contributed by atoms with van der Waals surface area (Å²) in [4.78, 5) is 14.4. The molecule has 0 aliphatic rings. The van der Waals surface area contributed by atoms with Crippen molar-refractivity contribution in [2.24, 2.45) is 0 Å². The van der Waals surface area contributed by atoms with E-state index in [1.54, 1.807) is 13.2 Å². The number of rotatable bonds is 6. The second-order valence-corrected chi connectivity index (χ2v) is 3.56. The number of pyridine rings is 1. The van der Waals surface area contributed by atoms with Crippen LogP contribution in [-0.2, 0) is 4.74 Å². The molecule has 0 aliphatic carbocycles. The zero-order valence-corrected chi connectivity index (χ0v) is 9.43. The van der Waals surface area contributed by atoms with E-state index in [9.17, 15) is 4.79 Å². The van der Waals surface area contributed by atoms with Crippen LogP contribution >= 0.6 is 0 Å². The fraction of sp³-hybridized carbons (Fsp3) is 0.455. The normalized spacial score (nSPS) is 12.1. The molecule has 1 atom stereocenters. The quantitative estimate of drug-likeness (QED) is 0.768. The van der Waals surface area contributed by atoms with Crippen molar-refractivity contribution in [2.75, 3.05) is 19.0 Å². The molecule has 0 saturated heterocycles. The first-order valence-electron chi connectivity index (χ1n) is 5.08. The Balaban J connectivity index is 2.59. The third-order valence-corrected chi connectivity index (χ3v) is 2.15. The fourth-order valence-corrected chi connectivity index (χ4v) is 1.29. The second-order valence-electron chi connectivity index (χ2n) is 3.56. The van der Waals surface area contributed by atoms with Crippen molar-refractivity contribution in [3.63, 3.8) is 0 Å². The van der Waals surface area contributed by atoms with Crippen LogP contribution in [0, 0.1) is 0 Å². The van der Waals surface area contributed by atoms with Crippen LogP contribution in [0.1, 0.15) is 23.8 Å². The molecule has 0 fully saturated rings. The number of nitrogens with one attached hydrogen (secondary N) is 1. The number of methoxy groups -OCH3 is 1. The van der Waals surface area contributed by atoms with Gasteiger partial charge in [0.1, 0.15) is 5.69 Å². The largest absolute Gasteiger partial charge is 0.477 e. The zero-order valence-electron chi connectivity index (χ0n) is 9.43. The molecule has 5 nitrogen and oxygen atoms in total. The van der Waals surface area contributed by atoms with Gasteiger partial charge < -0.3 is 15.2 Å². The number of hydrogen-bond acceptors (Lipinski definition) is 4. The minimum absolute atomic E-state index is 0.0453. The topological polar surface area (TPSA) is 71.5 Å². The smallest absolute Gasteiger partial charge is 0.354 e. The second kappa shape index (κ2) is 6.07. The van der Waals surface area contributed by atoms with Crippen LogP contribution in [0.3, 0.4) is 0 Å². The molecule has 0 spiro atoms. The predicted molar refractivity (Wildman–Crippen MR) is 60.8 cm³/mol. The average molecular weight is 224 g/mol. The first kappa shape index (κ1) is 12.4. The minimum atomic E-state index is -1.02. The molecule has 0 saturated carbocycles. The van der Waals surface area contributed by atoms with E-state index in [2.05, 4.69) is 10.3 Å². The maximum atomic E-state index is 10.7. The molecule has 88 valence electrons.